The van der Waals surface area contributed by atoms with Gasteiger partial charge in [0.05, 0.1) is 16.9 Å². The SMILES string of the molecule is Cc1cccc2nc(CCl)n(CC3CCC(C)CC3)c12. The second-order valence-electron chi connectivity index (χ2n) is 6.34. The van der Waals surface area contributed by atoms with E-state index in [-0.39, 0.29) is 0 Å². The van der Waals surface area contributed by atoms with Gasteiger partial charge in [0.15, 0.2) is 0 Å². The van der Waals surface area contributed by atoms with Crippen LogP contribution in [0, 0.1) is 18.8 Å². The number of nitrogens with zero attached hydrogens (tertiary/aromatic N) is 2. The Morgan fingerprint density at radius 2 is 2.00 bits per heavy atom. The summed E-state index contributed by atoms with van der Waals surface area (Å²) < 4.78 is 2.37. The molecule has 0 atom stereocenters. The van der Waals surface area contributed by atoms with E-state index in [1.165, 1.54) is 36.8 Å². The molecule has 0 radical (unpaired) electrons. The second kappa shape index (κ2) is 5.77. The van der Waals surface area contributed by atoms with Gasteiger partial charge in [-0.2, -0.15) is 0 Å². The van der Waals surface area contributed by atoms with Gasteiger partial charge in [0.1, 0.15) is 5.82 Å². The van der Waals surface area contributed by atoms with E-state index in [1.54, 1.807) is 0 Å². The molecule has 1 saturated carbocycles. The molecule has 2 aromatic rings. The van der Waals surface area contributed by atoms with Crippen molar-refractivity contribution < 1.29 is 0 Å². The molecule has 20 heavy (non-hydrogen) atoms. The van der Waals surface area contributed by atoms with Crippen molar-refractivity contribution in [1.29, 1.82) is 0 Å². The van der Waals surface area contributed by atoms with Crippen LogP contribution in [0.15, 0.2) is 18.2 Å². The number of hydrogen-bond donors (Lipinski definition) is 0. The molecular formula is C17H23ClN2. The molecule has 108 valence electrons. The molecule has 1 aromatic carbocycles. The molecule has 0 N–H and O–H groups in total. The average Bonchev–Trinajstić information content (AvgIpc) is 2.81. The highest BCUT2D eigenvalue weighted by Gasteiger charge is 2.21. The van der Waals surface area contributed by atoms with Crippen molar-refractivity contribution in [3.05, 3.63) is 29.6 Å². The quantitative estimate of drug-likeness (QED) is 0.734. The molecule has 0 aliphatic heterocycles. The van der Waals surface area contributed by atoms with Crippen LogP contribution < -0.4 is 0 Å². The topological polar surface area (TPSA) is 17.8 Å². The number of imidazole rings is 1. The summed E-state index contributed by atoms with van der Waals surface area (Å²) in [4.78, 5) is 4.70. The van der Waals surface area contributed by atoms with Gasteiger partial charge in [0, 0.05) is 6.54 Å². The number of halogens is 1. The van der Waals surface area contributed by atoms with E-state index in [2.05, 4.69) is 36.6 Å². The summed E-state index contributed by atoms with van der Waals surface area (Å²) in [5, 5.41) is 0. The van der Waals surface area contributed by atoms with E-state index >= 15 is 0 Å². The Balaban J connectivity index is 1.93. The smallest absolute Gasteiger partial charge is 0.124 e. The molecule has 3 rings (SSSR count). The van der Waals surface area contributed by atoms with Gasteiger partial charge in [0.25, 0.3) is 0 Å². The lowest BCUT2D eigenvalue weighted by molar-refractivity contribution is 0.265. The summed E-state index contributed by atoms with van der Waals surface area (Å²) >= 11 is 6.11. The van der Waals surface area contributed by atoms with Crippen molar-refractivity contribution in [3.8, 4) is 0 Å². The number of aryl methyl sites for hydroxylation is 1. The Labute approximate surface area is 126 Å². The first kappa shape index (κ1) is 13.9. The first-order valence-corrected chi connectivity index (χ1v) is 8.23. The number of hydrogen-bond acceptors (Lipinski definition) is 1. The third-order valence-corrected chi connectivity index (χ3v) is 4.98. The van der Waals surface area contributed by atoms with Crippen molar-refractivity contribution in [3.63, 3.8) is 0 Å². The van der Waals surface area contributed by atoms with Crippen LogP contribution in [0.4, 0.5) is 0 Å². The maximum absolute atomic E-state index is 6.11. The normalized spacial score (nSPS) is 23.4. The summed E-state index contributed by atoms with van der Waals surface area (Å²) in [5.41, 5.74) is 3.67. The highest BCUT2D eigenvalue weighted by Crippen LogP contribution is 2.31. The Kier molecular flexibility index (Phi) is 4.02. The van der Waals surface area contributed by atoms with Crippen LogP contribution in [0.3, 0.4) is 0 Å². The van der Waals surface area contributed by atoms with Crippen LogP contribution in [0.2, 0.25) is 0 Å². The van der Waals surface area contributed by atoms with Gasteiger partial charge >= 0.3 is 0 Å². The van der Waals surface area contributed by atoms with Crippen molar-refractivity contribution in [2.24, 2.45) is 11.8 Å². The molecule has 1 heterocycles. The lowest BCUT2D eigenvalue weighted by atomic mass is 9.83. The van der Waals surface area contributed by atoms with Crippen LogP contribution in [0.5, 0.6) is 0 Å². The molecule has 0 unspecified atom stereocenters. The van der Waals surface area contributed by atoms with Crippen LogP contribution in [0.1, 0.15) is 44.0 Å². The van der Waals surface area contributed by atoms with Gasteiger partial charge in [-0.25, -0.2) is 4.98 Å². The molecule has 0 spiro atoms. The third kappa shape index (κ3) is 2.58. The number of aromatic nitrogens is 2. The lowest BCUT2D eigenvalue weighted by Gasteiger charge is -2.27. The Hall–Kier alpha value is -1.02. The molecule has 0 amide bonds. The number of rotatable bonds is 3. The van der Waals surface area contributed by atoms with Gasteiger partial charge in [0.2, 0.25) is 0 Å². The molecule has 3 heteroatoms. The van der Waals surface area contributed by atoms with Crippen LogP contribution >= 0.6 is 11.6 Å². The maximum Gasteiger partial charge on any atom is 0.124 e. The minimum atomic E-state index is 0.497. The van der Waals surface area contributed by atoms with Gasteiger partial charge < -0.3 is 4.57 Å². The molecule has 1 fully saturated rings. The molecular weight excluding hydrogens is 268 g/mol. The molecule has 0 saturated heterocycles. The molecule has 1 aliphatic rings. The standard InChI is InChI=1S/C17H23ClN2/c1-12-6-8-14(9-7-12)11-20-16(10-18)19-15-5-3-4-13(2)17(15)20/h3-5,12,14H,6-11H2,1-2H3. The molecule has 0 bridgehead atoms. The minimum absolute atomic E-state index is 0.497. The van der Waals surface area contributed by atoms with Crippen LogP contribution in [-0.4, -0.2) is 9.55 Å². The third-order valence-electron chi connectivity index (χ3n) is 4.74. The fourth-order valence-corrected chi connectivity index (χ4v) is 3.69. The maximum atomic E-state index is 6.11. The van der Waals surface area contributed by atoms with Crippen molar-refractivity contribution in [2.75, 3.05) is 0 Å². The van der Waals surface area contributed by atoms with Gasteiger partial charge in [-0.1, -0.05) is 31.9 Å². The van der Waals surface area contributed by atoms with E-state index in [4.69, 9.17) is 16.6 Å². The van der Waals surface area contributed by atoms with E-state index in [1.807, 2.05) is 0 Å². The first-order chi connectivity index (χ1) is 9.69. The fraction of sp³-hybridized carbons (Fsp3) is 0.588. The van der Waals surface area contributed by atoms with Crippen molar-refractivity contribution >= 4 is 22.6 Å². The summed E-state index contributed by atoms with van der Waals surface area (Å²) in [6.45, 7) is 5.62. The number of fused-ring (bicyclic) bond motifs is 1. The van der Waals surface area contributed by atoms with E-state index in [0.29, 0.717) is 5.88 Å². The lowest BCUT2D eigenvalue weighted by Crippen LogP contribution is -2.18. The Bertz CT molecular complexity index is 594. The van der Waals surface area contributed by atoms with Crippen LogP contribution in [-0.2, 0) is 12.4 Å². The average molecular weight is 291 g/mol. The summed E-state index contributed by atoms with van der Waals surface area (Å²) in [6, 6.07) is 6.34. The fourth-order valence-electron chi connectivity index (χ4n) is 3.48. The van der Waals surface area contributed by atoms with Gasteiger partial charge in [-0.15, -0.1) is 11.6 Å². The van der Waals surface area contributed by atoms with Gasteiger partial charge in [-0.05, 0) is 43.2 Å². The Morgan fingerprint density at radius 1 is 1.25 bits per heavy atom. The number of alkyl halides is 1. The van der Waals surface area contributed by atoms with E-state index in [9.17, 15) is 0 Å². The zero-order valence-corrected chi connectivity index (χ0v) is 13.2. The Morgan fingerprint density at radius 3 is 2.70 bits per heavy atom. The predicted octanol–water partition coefficient (Wildman–Crippen LogP) is 4.91. The zero-order chi connectivity index (χ0) is 14.1. The van der Waals surface area contributed by atoms with Crippen LogP contribution in [0.25, 0.3) is 11.0 Å². The molecule has 1 aromatic heterocycles. The summed E-state index contributed by atoms with van der Waals surface area (Å²) in [6.07, 6.45) is 5.42. The van der Waals surface area contributed by atoms with E-state index < -0.39 is 0 Å². The minimum Gasteiger partial charge on any atom is -0.326 e. The molecule has 1 aliphatic carbocycles. The van der Waals surface area contributed by atoms with Gasteiger partial charge in [-0.3, -0.25) is 0 Å². The number of para-hydroxylation sites is 1. The second-order valence-corrected chi connectivity index (χ2v) is 6.61. The monoisotopic (exact) mass is 290 g/mol. The number of benzene rings is 1. The molecule has 2 nitrogen and oxygen atoms in total. The highest BCUT2D eigenvalue weighted by molar-refractivity contribution is 6.16. The summed E-state index contributed by atoms with van der Waals surface area (Å²) in [5.74, 6) is 3.21. The zero-order valence-electron chi connectivity index (χ0n) is 12.4. The highest BCUT2D eigenvalue weighted by atomic mass is 35.5. The van der Waals surface area contributed by atoms with E-state index in [0.717, 1.165) is 29.7 Å². The van der Waals surface area contributed by atoms with Crippen molar-refractivity contribution in [1.82, 2.24) is 9.55 Å². The largest absolute Gasteiger partial charge is 0.326 e. The first-order valence-electron chi connectivity index (χ1n) is 7.69. The van der Waals surface area contributed by atoms with Crippen molar-refractivity contribution in [2.45, 2.75) is 52.0 Å². The predicted molar refractivity (Wildman–Crippen MR) is 85.1 cm³/mol. The summed E-state index contributed by atoms with van der Waals surface area (Å²) in [7, 11) is 0.